The number of halogens is 1. The van der Waals surface area contributed by atoms with E-state index in [4.69, 9.17) is 4.74 Å². The summed E-state index contributed by atoms with van der Waals surface area (Å²) in [4.78, 5) is 16.6. The molecule has 1 aliphatic heterocycles. The largest absolute Gasteiger partial charge is 0.488 e. The van der Waals surface area contributed by atoms with Gasteiger partial charge in [-0.25, -0.2) is 4.39 Å². The van der Waals surface area contributed by atoms with Crippen molar-refractivity contribution in [2.45, 2.75) is 31.9 Å². The highest BCUT2D eigenvalue weighted by atomic mass is 19.1. The summed E-state index contributed by atoms with van der Waals surface area (Å²) in [5, 5.41) is 8.29. The second-order valence-corrected chi connectivity index (χ2v) is 6.92. The molecule has 0 aliphatic carbocycles. The first-order valence-corrected chi connectivity index (χ1v) is 9.31. The van der Waals surface area contributed by atoms with E-state index >= 15 is 0 Å². The van der Waals surface area contributed by atoms with Crippen molar-refractivity contribution in [1.29, 1.82) is 0 Å². The molecule has 1 fully saturated rings. The molecule has 6 nitrogen and oxygen atoms in total. The third kappa shape index (κ3) is 3.74. The van der Waals surface area contributed by atoms with E-state index in [1.165, 1.54) is 16.9 Å². The number of rotatable bonds is 4. The van der Waals surface area contributed by atoms with Crippen LogP contribution in [0.25, 0.3) is 5.69 Å². The van der Waals surface area contributed by atoms with Crippen LogP contribution in [0.5, 0.6) is 5.75 Å². The molecule has 2 heterocycles. The molecular weight excluding hydrogens is 359 g/mol. The standard InChI is InChI=1S/C21H21FN4O2/c1-15-9-10-18(28-17-6-4-5-16(22)13-17)14-25(15)21(27)19-7-2-3-8-20(19)26-23-11-12-24-26/h2-8,11-13,15,18H,9-10,14H2,1H3/t15-,18-/m1/s1. The van der Waals surface area contributed by atoms with Gasteiger partial charge < -0.3 is 9.64 Å². The molecule has 3 aromatic rings. The van der Waals surface area contributed by atoms with E-state index in [1.54, 1.807) is 30.6 Å². The van der Waals surface area contributed by atoms with Gasteiger partial charge in [0.1, 0.15) is 17.7 Å². The number of ether oxygens (including phenoxy) is 1. The summed E-state index contributed by atoms with van der Waals surface area (Å²) in [5.74, 6) is 0.0521. The highest BCUT2D eigenvalue weighted by Gasteiger charge is 2.32. The first kappa shape index (κ1) is 18.2. The summed E-state index contributed by atoms with van der Waals surface area (Å²) in [6.45, 7) is 2.47. The van der Waals surface area contributed by atoms with E-state index in [-0.39, 0.29) is 23.9 Å². The van der Waals surface area contributed by atoms with Crippen molar-refractivity contribution in [1.82, 2.24) is 19.9 Å². The van der Waals surface area contributed by atoms with Crippen molar-refractivity contribution in [3.05, 3.63) is 72.3 Å². The molecule has 2 atom stereocenters. The van der Waals surface area contributed by atoms with Crippen LogP contribution in [0, 0.1) is 5.82 Å². The monoisotopic (exact) mass is 380 g/mol. The number of carbonyl (C=O) groups is 1. The molecule has 1 amide bonds. The highest BCUT2D eigenvalue weighted by Crippen LogP contribution is 2.25. The van der Waals surface area contributed by atoms with Gasteiger partial charge in [-0.2, -0.15) is 15.0 Å². The van der Waals surface area contributed by atoms with E-state index in [2.05, 4.69) is 10.2 Å². The lowest BCUT2D eigenvalue weighted by Gasteiger charge is -2.38. The van der Waals surface area contributed by atoms with Crippen LogP contribution in [0.15, 0.2) is 60.9 Å². The van der Waals surface area contributed by atoms with Crippen LogP contribution in [0.2, 0.25) is 0 Å². The molecular formula is C21H21FN4O2. The number of hydrogen-bond acceptors (Lipinski definition) is 4. The van der Waals surface area contributed by atoms with Crippen LogP contribution in [0.4, 0.5) is 4.39 Å². The summed E-state index contributed by atoms with van der Waals surface area (Å²) in [6.07, 6.45) is 4.59. The predicted molar refractivity (Wildman–Crippen MR) is 102 cm³/mol. The fourth-order valence-electron chi connectivity index (χ4n) is 3.51. The van der Waals surface area contributed by atoms with Gasteiger partial charge in [0.25, 0.3) is 5.91 Å². The first-order valence-electron chi connectivity index (χ1n) is 9.31. The number of aromatic nitrogens is 3. The molecule has 1 aromatic heterocycles. The van der Waals surface area contributed by atoms with E-state index < -0.39 is 0 Å². The van der Waals surface area contributed by atoms with Crippen molar-refractivity contribution in [2.24, 2.45) is 0 Å². The Hall–Kier alpha value is -3.22. The van der Waals surface area contributed by atoms with Crippen molar-refractivity contribution < 1.29 is 13.9 Å². The molecule has 0 spiro atoms. The van der Waals surface area contributed by atoms with Gasteiger partial charge in [-0.05, 0) is 44.0 Å². The molecule has 7 heteroatoms. The van der Waals surface area contributed by atoms with E-state index in [0.29, 0.717) is 23.5 Å². The lowest BCUT2D eigenvalue weighted by Crippen LogP contribution is -2.49. The Kier molecular flexibility index (Phi) is 5.06. The van der Waals surface area contributed by atoms with Crippen LogP contribution >= 0.6 is 0 Å². The molecule has 0 saturated carbocycles. The Balaban J connectivity index is 1.55. The SMILES string of the molecule is C[C@@H]1CC[C@@H](Oc2cccc(F)c2)CN1C(=O)c1ccccc1-n1nccn1. The number of para-hydroxylation sites is 1. The van der Waals surface area contributed by atoms with Crippen molar-refractivity contribution in [2.75, 3.05) is 6.54 Å². The van der Waals surface area contributed by atoms with Crippen LogP contribution in [0.3, 0.4) is 0 Å². The van der Waals surface area contributed by atoms with Gasteiger partial charge in [0.05, 0.1) is 30.2 Å². The van der Waals surface area contributed by atoms with Crippen molar-refractivity contribution in [3.63, 3.8) is 0 Å². The van der Waals surface area contributed by atoms with Gasteiger partial charge >= 0.3 is 0 Å². The van der Waals surface area contributed by atoms with E-state index in [0.717, 1.165) is 12.8 Å². The van der Waals surface area contributed by atoms with Gasteiger partial charge in [-0.3, -0.25) is 4.79 Å². The molecule has 144 valence electrons. The lowest BCUT2D eigenvalue weighted by molar-refractivity contribution is 0.0383. The second kappa shape index (κ2) is 7.80. The maximum Gasteiger partial charge on any atom is 0.256 e. The number of likely N-dealkylation sites (tertiary alicyclic amines) is 1. The molecule has 28 heavy (non-hydrogen) atoms. The first-order chi connectivity index (χ1) is 13.6. The van der Waals surface area contributed by atoms with Crippen LogP contribution in [-0.2, 0) is 0 Å². The average molecular weight is 380 g/mol. The number of piperidine rings is 1. The third-order valence-electron chi connectivity index (χ3n) is 4.97. The van der Waals surface area contributed by atoms with Crippen molar-refractivity contribution >= 4 is 5.91 Å². The molecule has 4 rings (SSSR count). The fourth-order valence-corrected chi connectivity index (χ4v) is 3.51. The topological polar surface area (TPSA) is 60.2 Å². The Morgan fingerprint density at radius 2 is 1.89 bits per heavy atom. The highest BCUT2D eigenvalue weighted by molar-refractivity contribution is 5.98. The molecule has 1 saturated heterocycles. The molecule has 1 aliphatic rings. The lowest BCUT2D eigenvalue weighted by atomic mass is 9.99. The minimum absolute atomic E-state index is 0.0819. The van der Waals surface area contributed by atoms with Crippen molar-refractivity contribution in [3.8, 4) is 11.4 Å². The van der Waals surface area contributed by atoms with Gasteiger partial charge in [0, 0.05) is 12.1 Å². The quantitative estimate of drug-likeness (QED) is 0.695. The smallest absolute Gasteiger partial charge is 0.256 e. The number of benzene rings is 2. The van der Waals surface area contributed by atoms with Crippen LogP contribution in [-0.4, -0.2) is 44.5 Å². The maximum absolute atomic E-state index is 13.4. The van der Waals surface area contributed by atoms with Crippen LogP contribution in [0.1, 0.15) is 30.1 Å². The summed E-state index contributed by atoms with van der Waals surface area (Å²) in [7, 11) is 0. The Morgan fingerprint density at radius 1 is 1.11 bits per heavy atom. The van der Waals surface area contributed by atoms with Gasteiger partial charge in [-0.15, -0.1) is 0 Å². The van der Waals surface area contributed by atoms with E-state index in [1.807, 2.05) is 30.0 Å². The number of amides is 1. The second-order valence-electron chi connectivity index (χ2n) is 6.92. The minimum Gasteiger partial charge on any atom is -0.488 e. The average Bonchev–Trinajstić information content (AvgIpc) is 3.24. The number of nitrogens with zero attached hydrogens (tertiary/aromatic N) is 4. The summed E-state index contributed by atoms with van der Waals surface area (Å²) >= 11 is 0. The Morgan fingerprint density at radius 3 is 2.68 bits per heavy atom. The summed E-state index contributed by atoms with van der Waals surface area (Å²) < 4.78 is 19.4. The molecule has 0 radical (unpaired) electrons. The summed E-state index contributed by atoms with van der Waals surface area (Å²) in [5.41, 5.74) is 1.18. The van der Waals surface area contributed by atoms with Gasteiger partial charge in [0.15, 0.2) is 0 Å². The van der Waals surface area contributed by atoms with Gasteiger partial charge in [-0.1, -0.05) is 18.2 Å². The molecule has 0 N–H and O–H groups in total. The van der Waals surface area contributed by atoms with Crippen LogP contribution < -0.4 is 4.74 Å². The fraction of sp³-hybridized carbons (Fsp3) is 0.286. The molecule has 0 unspecified atom stereocenters. The Bertz CT molecular complexity index is 961. The predicted octanol–water partition coefficient (Wildman–Crippen LogP) is 3.48. The molecule has 2 aromatic carbocycles. The molecule has 0 bridgehead atoms. The maximum atomic E-state index is 13.4. The van der Waals surface area contributed by atoms with E-state index in [9.17, 15) is 9.18 Å². The zero-order chi connectivity index (χ0) is 19.5. The summed E-state index contributed by atoms with van der Waals surface area (Å²) in [6, 6.07) is 13.5. The zero-order valence-corrected chi connectivity index (χ0v) is 15.5. The normalized spacial score (nSPS) is 19.4. The third-order valence-corrected chi connectivity index (χ3v) is 4.97. The zero-order valence-electron chi connectivity index (χ0n) is 15.5. The Labute approximate surface area is 162 Å². The number of carbonyl (C=O) groups excluding carboxylic acids is 1. The minimum atomic E-state index is -0.338. The number of hydrogen-bond donors (Lipinski definition) is 0. The van der Waals surface area contributed by atoms with Gasteiger partial charge in [0.2, 0.25) is 0 Å².